The normalized spacial score (nSPS) is 12.8. The van der Waals surface area contributed by atoms with Gasteiger partial charge in [0.25, 0.3) is 5.91 Å². The van der Waals surface area contributed by atoms with Crippen LogP contribution in [0.5, 0.6) is 17.2 Å². The van der Waals surface area contributed by atoms with E-state index in [1.807, 2.05) is 62.4 Å². The SMILES string of the molecule is COc1ccc(OCC(C)NC(=O)C(C)Oc2ccc(C)cc2)cc1. The lowest BCUT2D eigenvalue weighted by molar-refractivity contribution is -0.128. The molecule has 2 unspecified atom stereocenters. The van der Waals surface area contributed by atoms with Gasteiger partial charge in [-0.1, -0.05) is 17.7 Å². The van der Waals surface area contributed by atoms with Crippen LogP contribution in [0.4, 0.5) is 0 Å². The third-order valence-corrected chi connectivity index (χ3v) is 3.65. The molecule has 2 aromatic rings. The summed E-state index contributed by atoms with van der Waals surface area (Å²) in [7, 11) is 1.62. The van der Waals surface area contributed by atoms with Gasteiger partial charge in [-0.2, -0.15) is 0 Å². The molecule has 2 atom stereocenters. The molecule has 1 amide bonds. The van der Waals surface area contributed by atoms with Crippen molar-refractivity contribution in [2.45, 2.75) is 32.9 Å². The van der Waals surface area contributed by atoms with E-state index in [0.29, 0.717) is 12.4 Å². The van der Waals surface area contributed by atoms with Crippen molar-refractivity contribution in [1.82, 2.24) is 5.32 Å². The first-order valence-corrected chi connectivity index (χ1v) is 8.28. The molecule has 0 aliphatic rings. The van der Waals surface area contributed by atoms with Crippen molar-refractivity contribution >= 4 is 5.91 Å². The van der Waals surface area contributed by atoms with Gasteiger partial charge in [0, 0.05) is 0 Å². The second-order valence-electron chi connectivity index (χ2n) is 5.97. The number of aryl methyl sites for hydroxylation is 1. The number of nitrogens with one attached hydrogen (secondary N) is 1. The zero-order chi connectivity index (χ0) is 18.2. The second kappa shape index (κ2) is 8.97. The van der Waals surface area contributed by atoms with E-state index in [1.165, 1.54) is 0 Å². The number of methoxy groups -OCH3 is 1. The molecule has 0 fully saturated rings. The molecular formula is C20H25NO4. The Labute approximate surface area is 148 Å². The number of benzene rings is 2. The largest absolute Gasteiger partial charge is 0.497 e. The van der Waals surface area contributed by atoms with Crippen LogP contribution in [0.2, 0.25) is 0 Å². The molecule has 0 saturated heterocycles. The highest BCUT2D eigenvalue weighted by Gasteiger charge is 2.17. The third kappa shape index (κ3) is 6.03. The Kier molecular flexibility index (Phi) is 6.69. The quantitative estimate of drug-likeness (QED) is 0.798. The molecule has 0 aromatic heterocycles. The molecule has 5 heteroatoms. The first kappa shape index (κ1) is 18.6. The molecule has 134 valence electrons. The van der Waals surface area contributed by atoms with Gasteiger partial charge in [-0.05, 0) is 57.2 Å². The van der Waals surface area contributed by atoms with Gasteiger partial charge in [-0.15, -0.1) is 0 Å². The molecule has 0 aliphatic heterocycles. The summed E-state index contributed by atoms with van der Waals surface area (Å²) in [6.07, 6.45) is -0.578. The van der Waals surface area contributed by atoms with Gasteiger partial charge in [0.1, 0.15) is 23.9 Å². The first-order chi connectivity index (χ1) is 12.0. The molecule has 1 N–H and O–H groups in total. The van der Waals surface area contributed by atoms with Crippen LogP contribution in [0.1, 0.15) is 19.4 Å². The van der Waals surface area contributed by atoms with Gasteiger partial charge in [0.15, 0.2) is 6.10 Å². The Morgan fingerprint density at radius 2 is 1.52 bits per heavy atom. The number of hydrogen-bond donors (Lipinski definition) is 1. The fourth-order valence-corrected chi connectivity index (χ4v) is 2.17. The maximum Gasteiger partial charge on any atom is 0.261 e. The molecule has 0 radical (unpaired) electrons. The van der Waals surface area contributed by atoms with Gasteiger partial charge in [0.05, 0.1) is 13.2 Å². The van der Waals surface area contributed by atoms with Crippen molar-refractivity contribution < 1.29 is 19.0 Å². The van der Waals surface area contributed by atoms with Crippen molar-refractivity contribution in [2.24, 2.45) is 0 Å². The summed E-state index contributed by atoms with van der Waals surface area (Å²) >= 11 is 0. The number of amides is 1. The fraction of sp³-hybridized carbons (Fsp3) is 0.350. The number of rotatable bonds is 8. The smallest absolute Gasteiger partial charge is 0.261 e. The Morgan fingerprint density at radius 1 is 0.960 bits per heavy atom. The standard InChI is InChI=1S/C20H25NO4/c1-14-5-7-19(8-6-14)25-16(3)20(22)21-15(2)13-24-18-11-9-17(23-4)10-12-18/h5-12,15-16H,13H2,1-4H3,(H,21,22). The van der Waals surface area contributed by atoms with Crippen molar-refractivity contribution in [2.75, 3.05) is 13.7 Å². The minimum atomic E-state index is -0.578. The maximum absolute atomic E-state index is 12.2. The Balaban J connectivity index is 1.77. The van der Waals surface area contributed by atoms with Gasteiger partial charge in [-0.3, -0.25) is 4.79 Å². The third-order valence-electron chi connectivity index (χ3n) is 3.65. The number of ether oxygens (including phenoxy) is 3. The molecule has 5 nitrogen and oxygen atoms in total. The van der Waals surface area contributed by atoms with Gasteiger partial charge in [-0.25, -0.2) is 0 Å². The van der Waals surface area contributed by atoms with Gasteiger partial charge < -0.3 is 19.5 Å². The highest BCUT2D eigenvalue weighted by atomic mass is 16.5. The molecule has 0 saturated carbocycles. The van der Waals surface area contributed by atoms with E-state index in [4.69, 9.17) is 14.2 Å². The summed E-state index contributed by atoms with van der Waals surface area (Å²) in [4.78, 5) is 12.2. The first-order valence-electron chi connectivity index (χ1n) is 8.28. The number of carbonyl (C=O) groups excluding carboxylic acids is 1. The summed E-state index contributed by atoms with van der Waals surface area (Å²) in [5.74, 6) is 2.00. The maximum atomic E-state index is 12.2. The molecule has 0 aliphatic carbocycles. The highest BCUT2D eigenvalue weighted by Crippen LogP contribution is 2.17. The minimum Gasteiger partial charge on any atom is -0.497 e. The molecule has 0 bridgehead atoms. The van der Waals surface area contributed by atoms with Crippen LogP contribution in [-0.4, -0.2) is 31.8 Å². The number of hydrogen-bond acceptors (Lipinski definition) is 4. The predicted molar refractivity (Wildman–Crippen MR) is 97.4 cm³/mol. The Bertz CT molecular complexity index is 667. The van der Waals surface area contributed by atoms with Crippen LogP contribution >= 0.6 is 0 Å². The van der Waals surface area contributed by atoms with Crippen molar-refractivity contribution in [3.8, 4) is 17.2 Å². The average molecular weight is 343 g/mol. The van der Waals surface area contributed by atoms with Gasteiger partial charge in [0.2, 0.25) is 0 Å². The van der Waals surface area contributed by atoms with E-state index >= 15 is 0 Å². The lowest BCUT2D eigenvalue weighted by atomic mass is 10.2. The summed E-state index contributed by atoms with van der Waals surface area (Å²) < 4.78 is 16.4. The molecule has 0 heterocycles. The second-order valence-corrected chi connectivity index (χ2v) is 5.97. The lowest BCUT2D eigenvalue weighted by Crippen LogP contribution is -2.43. The summed E-state index contributed by atoms with van der Waals surface area (Å²) in [5, 5.41) is 2.89. The number of carbonyl (C=O) groups is 1. The molecule has 2 rings (SSSR count). The lowest BCUT2D eigenvalue weighted by Gasteiger charge is -2.19. The van der Waals surface area contributed by atoms with E-state index in [2.05, 4.69) is 5.32 Å². The van der Waals surface area contributed by atoms with Crippen molar-refractivity contribution in [3.05, 3.63) is 54.1 Å². The highest BCUT2D eigenvalue weighted by molar-refractivity contribution is 5.81. The monoisotopic (exact) mass is 343 g/mol. The predicted octanol–water partition coefficient (Wildman–Crippen LogP) is 3.35. The van der Waals surface area contributed by atoms with Crippen LogP contribution in [0.25, 0.3) is 0 Å². The zero-order valence-corrected chi connectivity index (χ0v) is 15.1. The van der Waals surface area contributed by atoms with E-state index < -0.39 is 6.10 Å². The van der Waals surface area contributed by atoms with E-state index in [-0.39, 0.29) is 11.9 Å². The van der Waals surface area contributed by atoms with Crippen LogP contribution in [0.15, 0.2) is 48.5 Å². The zero-order valence-electron chi connectivity index (χ0n) is 15.1. The van der Waals surface area contributed by atoms with Crippen LogP contribution in [0.3, 0.4) is 0 Å². The van der Waals surface area contributed by atoms with Crippen molar-refractivity contribution in [3.63, 3.8) is 0 Å². The van der Waals surface area contributed by atoms with E-state index in [1.54, 1.807) is 14.0 Å². The van der Waals surface area contributed by atoms with E-state index in [0.717, 1.165) is 17.1 Å². The summed E-state index contributed by atoms with van der Waals surface area (Å²) in [6.45, 7) is 5.99. The average Bonchev–Trinajstić information content (AvgIpc) is 2.62. The summed E-state index contributed by atoms with van der Waals surface area (Å²) in [5.41, 5.74) is 1.15. The molecule has 2 aromatic carbocycles. The Hall–Kier alpha value is -2.69. The topological polar surface area (TPSA) is 56.8 Å². The van der Waals surface area contributed by atoms with E-state index in [9.17, 15) is 4.79 Å². The van der Waals surface area contributed by atoms with Crippen LogP contribution in [-0.2, 0) is 4.79 Å². The minimum absolute atomic E-state index is 0.140. The van der Waals surface area contributed by atoms with Crippen LogP contribution < -0.4 is 19.5 Å². The van der Waals surface area contributed by atoms with Crippen LogP contribution in [0, 0.1) is 6.92 Å². The molecular weight excluding hydrogens is 318 g/mol. The van der Waals surface area contributed by atoms with Gasteiger partial charge >= 0.3 is 0 Å². The summed E-state index contributed by atoms with van der Waals surface area (Å²) in [6, 6.07) is 14.8. The Morgan fingerprint density at radius 3 is 2.12 bits per heavy atom. The molecule has 25 heavy (non-hydrogen) atoms. The fourth-order valence-electron chi connectivity index (χ4n) is 2.17. The molecule has 0 spiro atoms. The van der Waals surface area contributed by atoms with Crippen molar-refractivity contribution in [1.29, 1.82) is 0 Å².